The summed E-state index contributed by atoms with van der Waals surface area (Å²) in [4.78, 5) is 0. The molecule has 1 aliphatic heterocycles. The van der Waals surface area contributed by atoms with Gasteiger partial charge in [0.1, 0.15) is 5.60 Å². The number of rotatable bonds is 1. The Hall–Kier alpha value is -1.71. The zero-order valence-electron chi connectivity index (χ0n) is 15.1. The normalized spacial score (nSPS) is 26.3. The Kier molecular flexibility index (Phi) is 3.08. The van der Waals surface area contributed by atoms with Crippen LogP contribution < -0.4 is 5.46 Å². The Morgan fingerprint density at radius 2 is 1.50 bits per heavy atom. The number of fused-ring (bicyclic) bond motifs is 3. The zero-order valence-corrected chi connectivity index (χ0v) is 15.1. The van der Waals surface area contributed by atoms with Crippen LogP contribution in [0, 0.1) is 6.92 Å². The largest absolute Gasteiger partial charge is 0.498 e. The smallest absolute Gasteiger partial charge is 0.395 e. The lowest BCUT2D eigenvalue weighted by Gasteiger charge is -2.25. The number of hydrogen-bond acceptors (Lipinski definition) is 2. The molecule has 0 saturated carbocycles. The van der Waals surface area contributed by atoms with Crippen LogP contribution in [0.1, 0.15) is 45.7 Å². The van der Waals surface area contributed by atoms with Crippen molar-refractivity contribution in [2.75, 3.05) is 0 Å². The van der Waals surface area contributed by atoms with Crippen LogP contribution in [-0.2, 0) is 14.7 Å². The van der Waals surface area contributed by atoms with Crippen molar-refractivity contribution in [1.29, 1.82) is 0 Å². The number of hydrogen-bond donors (Lipinski definition) is 0. The maximum absolute atomic E-state index is 6.17. The van der Waals surface area contributed by atoms with Crippen LogP contribution in [0.2, 0.25) is 0 Å². The molecule has 1 unspecified atom stereocenters. The third kappa shape index (κ3) is 2.01. The maximum Gasteiger partial charge on any atom is 0.498 e. The molecular weight excluding hydrogens is 295 g/mol. The summed E-state index contributed by atoms with van der Waals surface area (Å²) in [6.45, 7) is 14.8. The van der Waals surface area contributed by atoms with E-state index in [1.54, 1.807) is 0 Å². The molecule has 1 heterocycles. The molecule has 4 rings (SSSR count). The summed E-state index contributed by atoms with van der Waals surface area (Å²) >= 11 is 0. The van der Waals surface area contributed by atoms with Crippen LogP contribution in [0.3, 0.4) is 0 Å². The molecule has 1 fully saturated rings. The minimum absolute atomic E-state index is 0.0101. The van der Waals surface area contributed by atoms with E-state index in [0.717, 1.165) is 5.46 Å². The minimum atomic E-state index is -0.560. The van der Waals surface area contributed by atoms with Gasteiger partial charge in [0.15, 0.2) is 0 Å². The second-order valence-electron chi connectivity index (χ2n) is 8.28. The highest BCUT2D eigenvalue weighted by Gasteiger charge is 2.57. The lowest BCUT2D eigenvalue weighted by molar-refractivity contribution is 0.0262. The molecule has 1 atom stereocenters. The van der Waals surface area contributed by atoms with Crippen molar-refractivity contribution in [3.63, 3.8) is 0 Å². The van der Waals surface area contributed by atoms with E-state index in [1.165, 1.54) is 22.3 Å². The van der Waals surface area contributed by atoms with Crippen molar-refractivity contribution >= 4 is 12.6 Å². The quantitative estimate of drug-likeness (QED) is 0.582. The van der Waals surface area contributed by atoms with Crippen LogP contribution in [0.5, 0.6) is 0 Å². The first kappa shape index (κ1) is 15.8. The minimum Gasteiger partial charge on any atom is -0.395 e. The third-order valence-electron chi connectivity index (χ3n) is 5.92. The van der Waals surface area contributed by atoms with Crippen molar-refractivity contribution < 1.29 is 9.31 Å². The van der Waals surface area contributed by atoms with Gasteiger partial charge < -0.3 is 9.31 Å². The van der Waals surface area contributed by atoms with Crippen LogP contribution >= 0.6 is 0 Å². The molecule has 2 aromatic carbocycles. The molecule has 2 aromatic rings. The van der Waals surface area contributed by atoms with Crippen molar-refractivity contribution in [1.82, 2.24) is 0 Å². The lowest BCUT2D eigenvalue weighted by Crippen LogP contribution is -2.42. The summed E-state index contributed by atoms with van der Waals surface area (Å²) in [5, 5.41) is 0. The predicted octanol–water partition coefficient (Wildman–Crippen LogP) is 4.11. The second kappa shape index (κ2) is 4.68. The molecule has 2 aliphatic rings. The molecule has 0 amide bonds. The topological polar surface area (TPSA) is 18.5 Å². The summed E-state index contributed by atoms with van der Waals surface area (Å²) in [7, 11) is -0.368. The summed E-state index contributed by atoms with van der Waals surface area (Å²) in [5.74, 6) is 0. The van der Waals surface area contributed by atoms with E-state index in [-0.39, 0.29) is 12.5 Å². The summed E-state index contributed by atoms with van der Waals surface area (Å²) in [6.07, 6.45) is 0. The molecular formula is C21H24BO2+. The van der Waals surface area contributed by atoms with Gasteiger partial charge in [0.05, 0.1) is 6.92 Å². The van der Waals surface area contributed by atoms with Crippen LogP contribution in [0.15, 0.2) is 42.5 Å². The standard InChI is InChI=1S/C21H24BO2/c1-19(2)17-10-8-7-9-15(17)16-12-11-14(13-18(16)19)22-23-20(3,4)21(5,6)24-22/h7-13H,3H2,1-2,4-6H3/q+1. The molecule has 122 valence electrons. The molecule has 3 heteroatoms. The Morgan fingerprint density at radius 3 is 2.17 bits per heavy atom. The van der Waals surface area contributed by atoms with E-state index in [2.05, 4.69) is 63.2 Å². The van der Waals surface area contributed by atoms with E-state index >= 15 is 0 Å². The van der Waals surface area contributed by atoms with E-state index < -0.39 is 11.2 Å². The molecule has 0 radical (unpaired) electrons. The molecule has 0 aromatic heterocycles. The van der Waals surface area contributed by atoms with Gasteiger partial charge in [0, 0.05) is 12.3 Å². The van der Waals surface area contributed by atoms with E-state index in [9.17, 15) is 0 Å². The summed E-state index contributed by atoms with van der Waals surface area (Å²) in [5.41, 5.74) is 5.44. The van der Waals surface area contributed by atoms with Crippen molar-refractivity contribution in [2.45, 2.75) is 51.2 Å². The Labute approximate surface area is 145 Å². The first-order chi connectivity index (χ1) is 11.1. The fourth-order valence-electron chi connectivity index (χ4n) is 3.80. The van der Waals surface area contributed by atoms with Gasteiger partial charge in [-0.2, -0.15) is 0 Å². The fraction of sp³-hybridized carbons (Fsp3) is 0.381. The van der Waals surface area contributed by atoms with Crippen LogP contribution in [0.4, 0.5) is 0 Å². The lowest BCUT2D eigenvalue weighted by atomic mass is 9.74. The van der Waals surface area contributed by atoms with Crippen molar-refractivity contribution in [2.24, 2.45) is 0 Å². The van der Waals surface area contributed by atoms with Gasteiger partial charge >= 0.3 is 7.12 Å². The molecule has 24 heavy (non-hydrogen) atoms. The monoisotopic (exact) mass is 319 g/mol. The van der Waals surface area contributed by atoms with E-state index in [0.29, 0.717) is 0 Å². The molecule has 1 saturated heterocycles. The van der Waals surface area contributed by atoms with Crippen LogP contribution in [-0.4, -0.2) is 18.3 Å². The summed E-state index contributed by atoms with van der Waals surface area (Å²) < 4.78 is 12.3. The maximum atomic E-state index is 6.17. The van der Waals surface area contributed by atoms with Gasteiger partial charge in [-0.25, -0.2) is 0 Å². The molecule has 0 N–H and O–H groups in total. The molecule has 0 spiro atoms. The summed E-state index contributed by atoms with van der Waals surface area (Å²) in [6, 6.07) is 15.2. The number of benzene rings is 2. The van der Waals surface area contributed by atoms with Gasteiger partial charge in [-0.3, -0.25) is 0 Å². The highest BCUT2D eigenvalue weighted by molar-refractivity contribution is 6.62. The van der Waals surface area contributed by atoms with Gasteiger partial charge in [-0.05, 0) is 41.6 Å². The van der Waals surface area contributed by atoms with Gasteiger partial charge in [0.25, 0.3) is 0 Å². The predicted molar refractivity (Wildman–Crippen MR) is 99.4 cm³/mol. The molecule has 0 bridgehead atoms. The van der Waals surface area contributed by atoms with E-state index in [4.69, 9.17) is 9.31 Å². The average Bonchev–Trinajstić information content (AvgIpc) is 2.88. The van der Waals surface area contributed by atoms with Crippen LogP contribution in [0.25, 0.3) is 11.1 Å². The fourth-order valence-corrected chi connectivity index (χ4v) is 3.80. The Bertz CT molecular complexity index is 804. The Balaban J connectivity index is 1.78. The SMILES string of the molecule is [CH2+]C1(C)OB(c2ccc3c(c2)C(C)(C)c2ccccc2-3)OC1(C)C. The highest BCUT2D eigenvalue weighted by Crippen LogP contribution is 2.48. The van der Waals surface area contributed by atoms with Crippen molar-refractivity contribution in [3.8, 4) is 11.1 Å². The first-order valence-electron chi connectivity index (χ1n) is 8.59. The third-order valence-corrected chi connectivity index (χ3v) is 5.92. The first-order valence-corrected chi connectivity index (χ1v) is 8.59. The van der Waals surface area contributed by atoms with Gasteiger partial charge in [-0.1, -0.05) is 56.3 Å². The molecule has 2 nitrogen and oxygen atoms in total. The second-order valence-corrected chi connectivity index (χ2v) is 8.28. The van der Waals surface area contributed by atoms with Gasteiger partial charge in [0.2, 0.25) is 5.60 Å². The van der Waals surface area contributed by atoms with E-state index in [1.807, 2.05) is 20.8 Å². The molecule has 1 aliphatic carbocycles. The Morgan fingerprint density at radius 1 is 0.833 bits per heavy atom. The average molecular weight is 319 g/mol. The van der Waals surface area contributed by atoms with Gasteiger partial charge in [-0.15, -0.1) is 0 Å². The highest BCUT2D eigenvalue weighted by atomic mass is 16.7. The van der Waals surface area contributed by atoms with Crippen molar-refractivity contribution in [3.05, 3.63) is 60.5 Å². The zero-order chi connectivity index (χ0) is 17.3.